The van der Waals surface area contributed by atoms with Gasteiger partial charge < -0.3 is 5.32 Å². The van der Waals surface area contributed by atoms with E-state index in [9.17, 15) is 4.79 Å². The molecule has 0 fully saturated rings. The molecule has 2 aromatic rings. The Kier molecular flexibility index (Phi) is 1.80. The normalized spacial score (nSPS) is 13.9. The first kappa shape index (κ1) is 9.39. The fraction of sp³-hybridized carbons (Fsp3) is 0.333. The van der Waals surface area contributed by atoms with Crippen molar-refractivity contribution < 1.29 is 0 Å². The number of fused-ring (bicyclic) bond motifs is 2. The SMILES string of the molecule is Cc1nc2cc3c(cc2c(=O)n1C)CCN3. The molecule has 82 valence electrons. The van der Waals surface area contributed by atoms with E-state index in [0.717, 1.165) is 35.4 Å². The van der Waals surface area contributed by atoms with Gasteiger partial charge in [0.15, 0.2) is 0 Å². The molecule has 1 aromatic carbocycles. The molecule has 0 saturated heterocycles. The second-order valence-electron chi connectivity index (χ2n) is 4.23. The molecule has 0 radical (unpaired) electrons. The van der Waals surface area contributed by atoms with Gasteiger partial charge in [0.25, 0.3) is 5.56 Å². The average Bonchev–Trinajstić information content (AvgIpc) is 2.71. The van der Waals surface area contributed by atoms with Gasteiger partial charge in [-0.15, -0.1) is 0 Å². The van der Waals surface area contributed by atoms with Crippen LogP contribution in [0.4, 0.5) is 5.69 Å². The van der Waals surface area contributed by atoms with E-state index < -0.39 is 0 Å². The van der Waals surface area contributed by atoms with Crippen molar-refractivity contribution in [2.75, 3.05) is 11.9 Å². The van der Waals surface area contributed by atoms with Gasteiger partial charge in [-0.2, -0.15) is 0 Å². The first-order chi connectivity index (χ1) is 7.66. The summed E-state index contributed by atoms with van der Waals surface area (Å²) < 4.78 is 1.59. The Hall–Kier alpha value is -1.84. The molecule has 2 heterocycles. The molecule has 4 heteroatoms. The first-order valence-electron chi connectivity index (χ1n) is 5.41. The van der Waals surface area contributed by atoms with Crippen LogP contribution in [0.2, 0.25) is 0 Å². The lowest BCUT2D eigenvalue weighted by Gasteiger charge is -2.07. The summed E-state index contributed by atoms with van der Waals surface area (Å²) in [5.41, 5.74) is 3.16. The van der Waals surface area contributed by atoms with Crippen molar-refractivity contribution in [3.05, 3.63) is 33.9 Å². The average molecular weight is 215 g/mol. The van der Waals surface area contributed by atoms with Crippen LogP contribution in [0.15, 0.2) is 16.9 Å². The van der Waals surface area contributed by atoms with Gasteiger partial charge in [-0.05, 0) is 31.0 Å². The van der Waals surface area contributed by atoms with Crippen molar-refractivity contribution >= 4 is 16.6 Å². The van der Waals surface area contributed by atoms with Crippen LogP contribution in [0.1, 0.15) is 11.4 Å². The standard InChI is InChI=1S/C12H13N3O/c1-7-14-11-6-10-8(3-4-13-10)5-9(11)12(16)15(7)2/h5-6,13H,3-4H2,1-2H3. The third-order valence-electron chi connectivity index (χ3n) is 3.23. The highest BCUT2D eigenvalue weighted by Gasteiger charge is 2.14. The lowest BCUT2D eigenvalue weighted by molar-refractivity contribution is 0.792. The highest BCUT2D eigenvalue weighted by Crippen LogP contribution is 2.25. The Morgan fingerprint density at radius 3 is 3.06 bits per heavy atom. The fourth-order valence-corrected chi connectivity index (χ4v) is 2.18. The van der Waals surface area contributed by atoms with Gasteiger partial charge in [0, 0.05) is 19.3 Å². The minimum absolute atomic E-state index is 0.0391. The molecular formula is C12H13N3O. The highest BCUT2D eigenvalue weighted by molar-refractivity contribution is 5.84. The van der Waals surface area contributed by atoms with Crippen LogP contribution in [0.25, 0.3) is 10.9 Å². The zero-order valence-corrected chi connectivity index (χ0v) is 9.37. The van der Waals surface area contributed by atoms with Crippen LogP contribution in [0.5, 0.6) is 0 Å². The van der Waals surface area contributed by atoms with Crippen molar-refractivity contribution in [3.63, 3.8) is 0 Å². The summed E-state index contributed by atoms with van der Waals surface area (Å²) in [6.45, 7) is 2.80. The van der Waals surface area contributed by atoms with E-state index in [1.165, 1.54) is 5.56 Å². The number of aromatic nitrogens is 2. The van der Waals surface area contributed by atoms with Crippen LogP contribution in [-0.4, -0.2) is 16.1 Å². The molecule has 0 saturated carbocycles. The predicted molar refractivity (Wildman–Crippen MR) is 63.9 cm³/mol. The molecule has 16 heavy (non-hydrogen) atoms. The zero-order valence-electron chi connectivity index (χ0n) is 9.37. The molecule has 0 aliphatic carbocycles. The summed E-state index contributed by atoms with van der Waals surface area (Å²) in [4.78, 5) is 16.5. The largest absolute Gasteiger partial charge is 0.384 e. The molecule has 0 amide bonds. The zero-order chi connectivity index (χ0) is 11.3. The van der Waals surface area contributed by atoms with Crippen molar-refractivity contribution in [1.29, 1.82) is 0 Å². The second-order valence-corrected chi connectivity index (χ2v) is 4.23. The molecule has 4 nitrogen and oxygen atoms in total. The lowest BCUT2D eigenvalue weighted by atomic mass is 10.1. The summed E-state index contributed by atoms with van der Waals surface area (Å²) in [5, 5.41) is 4.02. The van der Waals surface area contributed by atoms with Crippen molar-refractivity contribution in [2.24, 2.45) is 7.05 Å². The molecule has 1 aliphatic heterocycles. The molecule has 0 unspecified atom stereocenters. The van der Waals surface area contributed by atoms with E-state index in [1.807, 2.05) is 19.1 Å². The van der Waals surface area contributed by atoms with Crippen LogP contribution < -0.4 is 10.9 Å². The molecule has 0 spiro atoms. The minimum atomic E-state index is 0.0391. The van der Waals surface area contributed by atoms with Crippen molar-refractivity contribution in [3.8, 4) is 0 Å². The van der Waals surface area contributed by atoms with E-state index in [4.69, 9.17) is 0 Å². The number of nitrogens with one attached hydrogen (secondary N) is 1. The molecule has 3 rings (SSSR count). The van der Waals surface area contributed by atoms with E-state index in [2.05, 4.69) is 10.3 Å². The van der Waals surface area contributed by atoms with Gasteiger partial charge in [0.2, 0.25) is 0 Å². The quantitative estimate of drug-likeness (QED) is 0.718. The third kappa shape index (κ3) is 1.16. The van der Waals surface area contributed by atoms with Gasteiger partial charge in [-0.1, -0.05) is 0 Å². The molecule has 1 N–H and O–H groups in total. The van der Waals surface area contributed by atoms with Crippen LogP contribution in [0.3, 0.4) is 0 Å². The van der Waals surface area contributed by atoms with E-state index in [-0.39, 0.29) is 5.56 Å². The van der Waals surface area contributed by atoms with Gasteiger partial charge in [0.1, 0.15) is 5.82 Å². The van der Waals surface area contributed by atoms with Gasteiger partial charge in [-0.25, -0.2) is 4.98 Å². The summed E-state index contributed by atoms with van der Waals surface area (Å²) in [7, 11) is 1.76. The Labute approximate surface area is 92.9 Å². The second kappa shape index (κ2) is 3.07. The van der Waals surface area contributed by atoms with Crippen molar-refractivity contribution in [1.82, 2.24) is 9.55 Å². The molecule has 0 atom stereocenters. The number of hydrogen-bond acceptors (Lipinski definition) is 3. The minimum Gasteiger partial charge on any atom is -0.384 e. The molecule has 1 aliphatic rings. The Balaban J connectivity index is 2.45. The third-order valence-corrected chi connectivity index (χ3v) is 3.23. The molecule has 1 aromatic heterocycles. The van der Waals surface area contributed by atoms with E-state index in [1.54, 1.807) is 11.6 Å². The number of hydrogen-bond donors (Lipinski definition) is 1. The van der Waals surface area contributed by atoms with Crippen molar-refractivity contribution in [2.45, 2.75) is 13.3 Å². The summed E-state index contributed by atoms with van der Waals surface area (Å²) >= 11 is 0. The summed E-state index contributed by atoms with van der Waals surface area (Å²) in [6, 6.07) is 3.95. The maximum Gasteiger partial charge on any atom is 0.261 e. The first-order valence-corrected chi connectivity index (χ1v) is 5.41. The predicted octanol–water partition coefficient (Wildman–Crippen LogP) is 1.21. The summed E-state index contributed by atoms with van der Waals surface area (Å²) in [5.74, 6) is 0.746. The fourth-order valence-electron chi connectivity index (χ4n) is 2.18. The monoisotopic (exact) mass is 215 g/mol. The molecular weight excluding hydrogens is 202 g/mol. The van der Waals surface area contributed by atoms with Crippen LogP contribution in [0, 0.1) is 6.92 Å². The Morgan fingerprint density at radius 1 is 1.44 bits per heavy atom. The lowest BCUT2D eigenvalue weighted by Crippen LogP contribution is -2.20. The summed E-state index contributed by atoms with van der Waals surface area (Å²) in [6.07, 6.45) is 0.988. The smallest absolute Gasteiger partial charge is 0.261 e. The van der Waals surface area contributed by atoms with Crippen LogP contribution >= 0.6 is 0 Å². The molecule has 0 bridgehead atoms. The van der Waals surface area contributed by atoms with Gasteiger partial charge in [0.05, 0.1) is 10.9 Å². The number of benzene rings is 1. The number of nitrogens with zero attached hydrogens (tertiary/aromatic N) is 2. The number of rotatable bonds is 0. The number of anilines is 1. The number of aryl methyl sites for hydroxylation is 1. The van der Waals surface area contributed by atoms with Gasteiger partial charge in [-0.3, -0.25) is 9.36 Å². The topological polar surface area (TPSA) is 46.9 Å². The maximum atomic E-state index is 12.1. The Morgan fingerprint density at radius 2 is 2.25 bits per heavy atom. The van der Waals surface area contributed by atoms with E-state index in [0.29, 0.717) is 0 Å². The Bertz CT molecular complexity index is 643. The van der Waals surface area contributed by atoms with Crippen LogP contribution in [-0.2, 0) is 13.5 Å². The van der Waals surface area contributed by atoms with Gasteiger partial charge >= 0.3 is 0 Å². The highest BCUT2D eigenvalue weighted by atomic mass is 16.1. The maximum absolute atomic E-state index is 12.1. The van der Waals surface area contributed by atoms with E-state index >= 15 is 0 Å².